The lowest BCUT2D eigenvalue weighted by Gasteiger charge is -2.35. The van der Waals surface area contributed by atoms with Gasteiger partial charge in [0.05, 0.1) is 6.04 Å². The molecule has 1 fully saturated rings. The van der Waals surface area contributed by atoms with E-state index in [1.807, 2.05) is 18.4 Å². The first-order valence-electron chi connectivity index (χ1n) is 7.17. The van der Waals surface area contributed by atoms with Crippen LogP contribution in [0.3, 0.4) is 0 Å². The van der Waals surface area contributed by atoms with E-state index >= 15 is 0 Å². The Kier molecular flexibility index (Phi) is 4.31. The van der Waals surface area contributed by atoms with Crippen molar-refractivity contribution in [1.82, 2.24) is 20.1 Å². The van der Waals surface area contributed by atoms with Gasteiger partial charge in [0, 0.05) is 35.9 Å². The maximum atomic E-state index is 12.3. The number of H-pyrrole nitrogens is 1. The number of thiazole rings is 1. The van der Waals surface area contributed by atoms with E-state index in [9.17, 15) is 4.79 Å². The maximum Gasteiger partial charge on any atom is 0.243 e. The number of hydrogen-bond donors (Lipinski definition) is 2. The molecule has 0 unspecified atom stereocenters. The van der Waals surface area contributed by atoms with Gasteiger partial charge < -0.3 is 5.32 Å². The van der Waals surface area contributed by atoms with Crippen LogP contribution in [0.25, 0.3) is 0 Å². The van der Waals surface area contributed by atoms with E-state index in [0.29, 0.717) is 11.0 Å². The zero-order valence-electron chi connectivity index (χ0n) is 12.0. The average molecular weight is 305 g/mol. The lowest BCUT2D eigenvalue weighted by Crippen LogP contribution is -2.46. The summed E-state index contributed by atoms with van der Waals surface area (Å²) in [5.41, 5.74) is 1.16. The molecule has 3 heterocycles. The molecule has 1 aliphatic rings. The number of anilines is 1. The van der Waals surface area contributed by atoms with Crippen LogP contribution in [-0.2, 0) is 4.79 Å². The second kappa shape index (κ2) is 6.36. The number of rotatable bonds is 4. The SMILES string of the molecule is C[C@H](C(=O)Nc1nccs1)N1CCC[C@H](c2ccn[nH]2)C1. The summed E-state index contributed by atoms with van der Waals surface area (Å²) in [6.45, 7) is 3.80. The molecule has 112 valence electrons. The van der Waals surface area contributed by atoms with Crippen LogP contribution in [0.5, 0.6) is 0 Å². The number of amides is 1. The van der Waals surface area contributed by atoms with E-state index in [2.05, 4.69) is 25.4 Å². The number of carbonyl (C=O) groups is 1. The van der Waals surface area contributed by atoms with E-state index < -0.39 is 0 Å². The number of piperidine rings is 1. The molecule has 7 heteroatoms. The topological polar surface area (TPSA) is 73.9 Å². The van der Waals surface area contributed by atoms with Gasteiger partial charge in [-0.05, 0) is 32.4 Å². The Morgan fingerprint density at radius 3 is 3.19 bits per heavy atom. The molecule has 3 rings (SSSR count). The van der Waals surface area contributed by atoms with Crippen molar-refractivity contribution in [2.75, 3.05) is 18.4 Å². The lowest BCUT2D eigenvalue weighted by atomic mass is 9.94. The van der Waals surface area contributed by atoms with Crippen LogP contribution in [0.1, 0.15) is 31.4 Å². The number of nitrogens with zero attached hydrogens (tertiary/aromatic N) is 3. The van der Waals surface area contributed by atoms with E-state index in [0.717, 1.165) is 31.6 Å². The normalized spacial score (nSPS) is 21.1. The van der Waals surface area contributed by atoms with Gasteiger partial charge in [0.1, 0.15) is 0 Å². The number of hydrogen-bond acceptors (Lipinski definition) is 5. The fourth-order valence-corrected chi connectivity index (χ4v) is 3.30. The molecule has 6 nitrogen and oxygen atoms in total. The van der Waals surface area contributed by atoms with Gasteiger partial charge in [-0.25, -0.2) is 4.98 Å². The molecule has 1 saturated heterocycles. The van der Waals surface area contributed by atoms with Crippen LogP contribution in [0.2, 0.25) is 0 Å². The monoisotopic (exact) mass is 305 g/mol. The Hall–Kier alpha value is -1.73. The molecule has 0 spiro atoms. The van der Waals surface area contributed by atoms with Gasteiger partial charge in [-0.2, -0.15) is 5.10 Å². The van der Waals surface area contributed by atoms with E-state index in [4.69, 9.17) is 0 Å². The largest absolute Gasteiger partial charge is 0.301 e. The zero-order valence-corrected chi connectivity index (χ0v) is 12.8. The summed E-state index contributed by atoms with van der Waals surface area (Å²) < 4.78 is 0. The Bertz CT molecular complexity index is 568. The third kappa shape index (κ3) is 3.30. The molecule has 0 aromatic carbocycles. The molecular weight excluding hydrogens is 286 g/mol. The minimum atomic E-state index is -0.153. The van der Waals surface area contributed by atoms with Crippen LogP contribution in [0.4, 0.5) is 5.13 Å². The standard InChI is InChI=1S/C14H19N5OS/c1-10(13(20)17-14-15-6-8-21-14)19-7-2-3-11(9-19)12-4-5-16-18-12/h4-6,8,10-11H,2-3,7,9H2,1H3,(H,16,18)(H,15,17,20)/t10-,11+/m1/s1. The summed E-state index contributed by atoms with van der Waals surface area (Å²) in [6, 6.07) is 1.87. The molecule has 0 saturated carbocycles. The highest BCUT2D eigenvalue weighted by Crippen LogP contribution is 2.26. The van der Waals surface area contributed by atoms with Gasteiger partial charge >= 0.3 is 0 Å². The molecule has 0 radical (unpaired) electrons. The van der Waals surface area contributed by atoms with Crippen LogP contribution in [-0.4, -0.2) is 45.1 Å². The van der Waals surface area contributed by atoms with Crippen LogP contribution >= 0.6 is 11.3 Å². The van der Waals surface area contributed by atoms with Crippen molar-refractivity contribution in [3.05, 3.63) is 29.5 Å². The van der Waals surface area contributed by atoms with Gasteiger partial charge in [-0.1, -0.05) is 0 Å². The molecule has 2 aromatic rings. The predicted molar refractivity (Wildman–Crippen MR) is 82.3 cm³/mol. The number of nitrogens with one attached hydrogen (secondary N) is 2. The van der Waals surface area contributed by atoms with Gasteiger partial charge in [0.15, 0.2) is 5.13 Å². The van der Waals surface area contributed by atoms with Crippen molar-refractivity contribution in [1.29, 1.82) is 0 Å². The first-order chi connectivity index (χ1) is 10.2. The smallest absolute Gasteiger partial charge is 0.243 e. The number of aromatic nitrogens is 3. The molecule has 2 aromatic heterocycles. The fourth-order valence-electron chi connectivity index (χ4n) is 2.77. The van der Waals surface area contributed by atoms with Gasteiger partial charge in [-0.15, -0.1) is 11.3 Å². The fraction of sp³-hybridized carbons (Fsp3) is 0.500. The first kappa shape index (κ1) is 14.2. The van der Waals surface area contributed by atoms with Crippen LogP contribution < -0.4 is 5.32 Å². The molecule has 0 bridgehead atoms. The molecule has 2 atom stereocenters. The second-order valence-corrected chi connectivity index (χ2v) is 6.24. The maximum absolute atomic E-state index is 12.3. The summed E-state index contributed by atoms with van der Waals surface area (Å²) in [4.78, 5) is 18.6. The molecule has 1 amide bonds. The Morgan fingerprint density at radius 2 is 2.48 bits per heavy atom. The lowest BCUT2D eigenvalue weighted by molar-refractivity contribution is -0.121. The number of likely N-dealkylation sites (tertiary alicyclic amines) is 1. The number of aromatic amines is 1. The van der Waals surface area contributed by atoms with Crippen LogP contribution in [0.15, 0.2) is 23.8 Å². The van der Waals surface area contributed by atoms with E-state index in [1.165, 1.54) is 11.3 Å². The van der Waals surface area contributed by atoms with Crippen molar-refractivity contribution in [3.63, 3.8) is 0 Å². The number of carbonyl (C=O) groups excluding carboxylic acids is 1. The summed E-state index contributed by atoms with van der Waals surface area (Å²) in [6.07, 6.45) is 5.71. The van der Waals surface area contributed by atoms with Crippen molar-refractivity contribution < 1.29 is 4.79 Å². The zero-order chi connectivity index (χ0) is 14.7. The van der Waals surface area contributed by atoms with Crippen molar-refractivity contribution in [2.24, 2.45) is 0 Å². The highest BCUT2D eigenvalue weighted by atomic mass is 32.1. The average Bonchev–Trinajstić information content (AvgIpc) is 3.20. The van der Waals surface area contributed by atoms with Crippen molar-refractivity contribution in [2.45, 2.75) is 31.7 Å². The Labute approximate surface area is 127 Å². The highest BCUT2D eigenvalue weighted by molar-refractivity contribution is 7.13. The van der Waals surface area contributed by atoms with Gasteiger partial charge in [0.25, 0.3) is 0 Å². The second-order valence-electron chi connectivity index (χ2n) is 5.35. The van der Waals surface area contributed by atoms with Gasteiger partial charge in [0.2, 0.25) is 5.91 Å². The Morgan fingerprint density at radius 1 is 1.57 bits per heavy atom. The van der Waals surface area contributed by atoms with Crippen molar-refractivity contribution >= 4 is 22.4 Å². The minimum Gasteiger partial charge on any atom is -0.301 e. The molecule has 1 aliphatic heterocycles. The van der Waals surface area contributed by atoms with Crippen molar-refractivity contribution in [3.8, 4) is 0 Å². The summed E-state index contributed by atoms with van der Waals surface area (Å²) in [5, 5.41) is 12.5. The van der Waals surface area contributed by atoms with Crippen LogP contribution in [0, 0.1) is 0 Å². The highest BCUT2D eigenvalue weighted by Gasteiger charge is 2.28. The third-order valence-electron chi connectivity index (χ3n) is 4.00. The first-order valence-corrected chi connectivity index (χ1v) is 8.05. The quantitative estimate of drug-likeness (QED) is 0.907. The third-order valence-corrected chi connectivity index (χ3v) is 4.69. The van der Waals surface area contributed by atoms with E-state index in [1.54, 1.807) is 12.4 Å². The Balaban J connectivity index is 1.61. The summed E-state index contributed by atoms with van der Waals surface area (Å²) in [7, 11) is 0. The minimum absolute atomic E-state index is 0.00945. The molecule has 2 N–H and O–H groups in total. The molecule has 21 heavy (non-hydrogen) atoms. The summed E-state index contributed by atoms with van der Waals surface area (Å²) in [5.74, 6) is 0.437. The molecular formula is C14H19N5OS. The van der Waals surface area contributed by atoms with E-state index in [-0.39, 0.29) is 11.9 Å². The van der Waals surface area contributed by atoms with Gasteiger partial charge in [-0.3, -0.25) is 14.8 Å². The predicted octanol–water partition coefficient (Wildman–Crippen LogP) is 2.07. The molecule has 0 aliphatic carbocycles. The summed E-state index contributed by atoms with van der Waals surface area (Å²) >= 11 is 1.44.